The van der Waals surface area contributed by atoms with Crippen molar-refractivity contribution >= 4 is 5.97 Å². The molecule has 0 saturated carbocycles. The Bertz CT molecular complexity index is 450. The van der Waals surface area contributed by atoms with E-state index in [2.05, 4.69) is 5.32 Å². The van der Waals surface area contributed by atoms with Crippen molar-refractivity contribution in [2.75, 3.05) is 6.54 Å². The zero-order valence-corrected chi connectivity index (χ0v) is 10.8. The van der Waals surface area contributed by atoms with E-state index in [0.717, 1.165) is 0 Å². The smallest absolute Gasteiger partial charge is 0.323 e. The van der Waals surface area contributed by atoms with Crippen molar-refractivity contribution in [3.8, 4) is 0 Å². The van der Waals surface area contributed by atoms with Crippen molar-refractivity contribution in [3.05, 3.63) is 35.1 Å². The van der Waals surface area contributed by atoms with Crippen LogP contribution in [0.2, 0.25) is 0 Å². The lowest BCUT2D eigenvalue weighted by molar-refractivity contribution is -0.142. The molecule has 3 unspecified atom stereocenters. The molecule has 0 amide bonds. The molecule has 0 spiro atoms. The first-order valence-corrected chi connectivity index (χ1v) is 5.91. The fraction of sp³-hybridized carbons (Fsp3) is 0.462. The molecule has 4 N–H and O–H groups in total. The van der Waals surface area contributed by atoms with Crippen molar-refractivity contribution in [1.82, 2.24) is 5.32 Å². The highest BCUT2D eigenvalue weighted by Crippen LogP contribution is 2.16. The number of carbonyl (C=O) groups is 1. The van der Waals surface area contributed by atoms with Gasteiger partial charge in [-0.15, -0.1) is 0 Å². The van der Waals surface area contributed by atoms with E-state index >= 15 is 0 Å². The van der Waals surface area contributed by atoms with E-state index in [4.69, 9.17) is 5.11 Å². The van der Waals surface area contributed by atoms with Gasteiger partial charge in [-0.05, 0) is 31.0 Å². The molecule has 0 aliphatic heterocycles. The lowest BCUT2D eigenvalue weighted by atomic mass is 10.1. The van der Waals surface area contributed by atoms with Gasteiger partial charge in [-0.25, -0.2) is 4.39 Å². The second-order valence-electron chi connectivity index (χ2n) is 4.49. The monoisotopic (exact) mass is 271 g/mol. The number of benzene rings is 1. The molecule has 0 aliphatic carbocycles. The molecule has 0 heterocycles. The molecule has 19 heavy (non-hydrogen) atoms. The van der Waals surface area contributed by atoms with E-state index in [1.165, 1.54) is 25.1 Å². The lowest BCUT2D eigenvalue weighted by Crippen LogP contribution is -2.46. The van der Waals surface area contributed by atoms with Crippen LogP contribution >= 0.6 is 0 Å². The van der Waals surface area contributed by atoms with Crippen LogP contribution in [-0.4, -0.2) is 40.0 Å². The molecule has 0 aliphatic rings. The molecule has 1 aromatic rings. The topological polar surface area (TPSA) is 89.8 Å². The minimum absolute atomic E-state index is 0.0487. The van der Waals surface area contributed by atoms with Gasteiger partial charge in [-0.2, -0.15) is 0 Å². The van der Waals surface area contributed by atoms with Gasteiger partial charge in [0.2, 0.25) is 0 Å². The fourth-order valence-electron chi connectivity index (χ4n) is 1.70. The number of nitrogens with one attached hydrogen (secondary N) is 1. The van der Waals surface area contributed by atoms with Crippen LogP contribution in [0.3, 0.4) is 0 Å². The quantitative estimate of drug-likeness (QED) is 0.608. The van der Waals surface area contributed by atoms with Crippen LogP contribution < -0.4 is 5.32 Å². The van der Waals surface area contributed by atoms with Gasteiger partial charge in [0.1, 0.15) is 11.9 Å². The first-order chi connectivity index (χ1) is 8.82. The Labute approximate surface area is 110 Å². The van der Waals surface area contributed by atoms with Crippen molar-refractivity contribution in [3.63, 3.8) is 0 Å². The van der Waals surface area contributed by atoms with Crippen molar-refractivity contribution < 1.29 is 24.5 Å². The molecule has 0 aromatic heterocycles. The van der Waals surface area contributed by atoms with Crippen LogP contribution in [-0.2, 0) is 4.79 Å². The molecule has 3 atom stereocenters. The summed E-state index contributed by atoms with van der Waals surface area (Å²) in [6, 6.07) is 3.03. The SMILES string of the molecule is Cc1cc(C(O)CNC(C(=O)O)C(C)O)ccc1F. The zero-order valence-electron chi connectivity index (χ0n) is 10.8. The molecule has 106 valence electrons. The number of hydrogen-bond donors (Lipinski definition) is 4. The maximum Gasteiger partial charge on any atom is 0.323 e. The number of rotatable bonds is 6. The molecule has 5 nitrogen and oxygen atoms in total. The minimum Gasteiger partial charge on any atom is -0.480 e. The third kappa shape index (κ3) is 4.27. The van der Waals surface area contributed by atoms with Crippen LogP contribution in [0.25, 0.3) is 0 Å². The Morgan fingerprint density at radius 2 is 2.05 bits per heavy atom. The molecular weight excluding hydrogens is 253 g/mol. The Morgan fingerprint density at radius 3 is 2.53 bits per heavy atom. The number of aliphatic carboxylic acids is 1. The van der Waals surface area contributed by atoms with Gasteiger partial charge in [-0.1, -0.05) is 12.1 Å². The highest BCUT2D eigenvalue weighted by molar-refractivity contribution is 5.74. The number of carboxylic acids is 1. The summed E-state index contributed by atoms with van der Waals surface area (Å²) in [5, 5.41) is 30.6. The highest BCUT2D eigenvalue weighted by atomic mass is 19.1. The number of aliphatic hydroxyl groups excluding tert-OH is 2. The van der Waals surface area contributed by atoms with Gasteiger partial charge < -0.3 is 15.3 Å². The Kier molecular flexibility index (Phi) is 5.41. The van der Waals surface area contributed by atoms with E-state index in [9.17, 15) is 19.4 Å². The van der Waals surface area contributed by atoms with Gasteiger partial charge in [0.25, 0.3) is 0 Å². The van der Waals surface area contributed by atoms with Crippen LogP contribution in [0.4, 0.5) is 4.39 Å². The maximum absolute atomic E-state index is 13.1. The largest absolute Gasteiger partial charge is 0.480 e. The van der Waals surface area contributed by atoms with Gasteiger partial charge in [0.15, 0.2) is 0 Å². The predicted molar refractivity (Wildman–Crippen MR) is 67.2 cm³/mol. The number of halogens is 1. The Balaban J connectivity index is 2.66. The summed E-state index contributed by atoms with van der Waals surface area (Å²) in [5.74, 6) is -1.56. The van der Waals surface area contributed by atoms with E-state index < -0.39 is 24.2 Å². The average Bonchev–Trinajstić information content (AvgIpc) is 2.31. The number of hydrogen-bond acceptors (Lipinski definition) is 4. The van der Waals surface area contributed by atoms with Gasteiger partial charge in [0.05, 0.1) is 12.2 Å². The summed E-state index contributed by atoms with van der Waals surface area (Å²) in [6.45, 7) is 2.88. The zero-order chi connectivity index (χ0) is 14.6. The summed E-state index contributed by atoms with van der Waals surface area (Å²) in [6.07, 6.45) is -2.06. The third-order valence-electron chi connectivity index (χ3n) is 2.85. The summed E-state index contributed by atoms with van der Waals surface area (Å²) in [5.41, 5.74) is 0.892. The number of carboxylic acid groups (broad SMARTS) is 1. The third-order valence-corrected chi connectivity index (χ3v) is 2.85. The van der Waals surface area contributed by atoms with E-state index in [1.807, 2.05) is 0 Å². The van der Waals surface area contributed by atoms with Crippen molar-refractivity contribution in [2.24, 2.45) is 0 Å². The molecule has 6 heteroatoms. The maximum atomic E-state index is 13.1. The molecule has 0 fully saturated rings. The summed E-state index contributed by atoms with van der Waals surface area (Å²) in [7, 11) is 0. The summed E-state index contributed by atoms with van der Waals surface area (Å²) in [4.78, 5) is 10.8. The van der Waals surface area contributed by atoms with E-state index in [1.54, 1.807) is 6.92 Å². The van der Waals surface area contributed by atoms with Gasteiger partial charge in [0, 0.05) is 6.54 Å². The lowest BCUT2D eigenvalue weighted by Gasteiger charge is -2.19. The Morgan fingerprint density at radius 1 is 1.42 bits per heavy atom. The molecule has 1 aromatic carbocycles. The van der Waals surface area contributed by atoms with Crippen molar-refractivity contribution in [2.45, 2.75) is 32.1 Å². The normalized spacial score (nSPS) is 15.8. The minimum atomic E-state index is -1.20. The second kappa shape index (κ2) is 6.60. The predicted octanol–water partition coefficient (Wildman–Crippen LogP) is 0.591. The molecule has 0 bridgehead atoms. The van der Waals surface area contributed by atoms with Crippen LogP contribution in [0.5, 0.6) is 0 Å². The Hall–Kier alpha value is -1.50. The van der Waals surface area contributed by atoms with Crippen LogP contribution in [0.15, 0.2) is 18.2 Å². The van der Waals surface area contributed by atoms with Crippen LogP contribution in [0, 0.1) is 12.7 Å². The standard InChI is InChI=1S/C13H18FNO4/c1-7-5-9(3-4-10(7)14)11(17)6-15-12(8(2)16)13(18)19/h3-5,8,11-12,15-17H,6H2,1-2H3,(H,18,19). The van der Waals surface area contributed by atoms with Gasteiger partial charge >= 0.3 is 5.97 Å². The highest BCUT2D eigenvalue weighted by Gasteiger charge is 2.23. The summed E-state index contributed by atoms with van der Waals surface area (Å²) < 4.78 is 13.1. The molecular formula is C13H18FNO4. The van der Waals surface area contributed by atoms with Crippen LogP contribution in [0.1, 0.15) is 24.2 Å². The van der Waals surface area contributed by atoms with Crippen molar-refractivity contribution in [1.29, 1.82) is 0 Å². The number of aliphatic hydroxyl groups is 2. The number of aryl methyl sites for hydroxylation is 1. The second-order valence-corrected chi connectivity index (χ2v) is 4.49. The summed E-state index contributed by atoms with van der Waals surface area (Å²) >= 11 is 0. The first kappa shape index (κ1) is 15.6. The molecule has 1 rings (SSSR count). The van der Waals surface area contributed by atoms with E-state index in [0.29, 0.717) is 11.1 Å². The first-order valence-electron chi connectivity index (χ1n) is 5.91. The molecule has 0 saturated heterocycles. The fourth-order valence-corrected chi connectivity index (χ4v) is 1.70. The molecule has 0 radical (unpaired) electrons. The van der Waals surface area contributed by atoms with Gasteiger partial charge in [-0.3, -0.25) is 10.1 Å². The van der Waals surface area contributed by atoms with E-state index in [-0.39, 0.29) is 12.4 Å². The average molecular weight is 271 g/mol.